The van der Waals surface area contributed by atoms with Crippen LogP contribution in [-0.2, 0) is 0 Å². The summed E-state index contributed by atoms with van der Waals surface area (Å²) in [5.41, 5.74) is 2.33. The largest absolute Gasteiger partial charge is 0.336 e. The molecule has 2 N–H and O–H groups in total. The van der Waals surface area contributed by atoms with Gasteiger partial charge < -0.3 is 10.6 Å². The van der Waals surface area contributed by atoms with Crippen molar-refractivity contribution in [3.8, 4) is 0 Å². The highest BCUT2D eigenvalue weighted by Gasteiger charge is 2.21. The second-order valence-electron chi connectivity index (χ2n) is 3.42. The summed E-state index contributed by atoms with van der Waals surface area (Å²) >= 11 is 3.45. The minimum absolute atomic E-state index is 0.0874. The van der Waals surface area contributed by atoms with Crippen LogP contribution in [0.2, 0.25) is 0 Å². The third-order valence-corrected chi connectivity index (χ3v) is 3.25. The molecular weight excluding hydrogens is 244 g/mol. The predicted molar refractivity (Wildman–Crippen MR) is 58.2 cm³/mol. The Morgan fingerprint density at radius 2 is 2.29 bits per heavy atom. The molecule has 1 heterocycles. The Bertz CT molecular complexity index is 378. The molecule has 0 aliphatic carbocycles. The molecule has 1 aliphatic heterocycles. The van der Waals surface area contributed by atoms with Crippen LogP contribution in [0.4, 0.5) is 4.79 Å². The number of benzene rings is 1. The van der Waals surface area contributed by atoms with E-state index >= 15 is 0 Å². The maximum Gasteiger partial charge on any atom is 0.315 e. The highest BCUT2D eigenvalue weighted by molar-refractivity contribution is 9.10. The van der Waals surface area contributed by atoms with Gasteiger partial charge >= 0.3 is 6.03 Å². The molecule has 14 heavy (non-hydrogen) atoms. The number of urea groups is 1. The van der Waals surface area contributed by atoms with Gasteiger partial charge in [0.25, 0.3) is 0 Å². The number of hydrogen-bond acceptors (Lipinski definition) is 1. The molecule has 0 bridgehead atoms. The van der Waals surface area contributed by atoms with Gasteiger partial charge in [-0.3, -0.25) is 0 Å². The summed E-state index contributed by atoms with van der Waals surface area (Å²) in [6, 6.07) is 6.14. The Morgan fingerprint density at radius 1 is 1.50 bits per heavy atom. The van der Waals surface area contributed by atoms with Gasteiger partial charge in [-0.1, -0.05) is 28.1 Å². The van der Waals surface area contributed by atoms with Crippen LogP contribution >= 0.6 is 15.9 Å². The fourth-order valence-electron chi connectivity index (χ4n) is 1.54. The zero-order valence-electron chi connectivity index (χ0n) is 7.80. The molecule has 4 heteroatoms. The number of nitrogens with one attached hydrogen (secondary N) is 2. The lowest BCUT2D eigenvalue weighted by Gasteiger charge is -2.10. The predicted octanol–water partition coefficient (Wildman–Crippen LogP) is 2.11. The third kappa shape index (κ3) is 1.75. The first kappa shape index (κ1) is 9.52. The van der Waals surface area contributed by atoms with Gasteiger partial charge in [0.15, 0.2) is 0 Å². The Kier molecular flexibility index (Phi) is 2.46. The molecule has 0 aromatic heterocycles. The first-order chi connectivity index (χ1) is 6.66. The van der Waals surface area contributed by atoms with E-state index in [0.717, 1.165) is 10.0 Å². The van der Waals surface area contributed by atoms with Crippen molar-refractivity contribution in [2.24, 2.45) is 0 Å². The van der Waals surface area contributed by atoms with Gasteiger partial charge in [0.2, 0.25) is 0 Å². The molecule has 0 saturated carbocycles. The van der Waals surface area contributed by atoms with Crippen molar-refractivity contribution >= 4 is 22.0 Å². The van der Waals surface area contributed by atoms with Crippen molar-refractivity contribution in [1.29, 1.82) is 0 Å². The number of carbonyl (C=O) groups is 1. The summed E-state index contributed by atoms with van der Waals surface area (Å²) in [5.74, 6) is 0. The normalized spacial score (nSPS) is 20.4. The number of aryl methyl sites for hydroxylation is 1. The Labute approximate surface area is 91.0 Å². The van der Waals surface area contributed by atoms with E-state index in [2.05, 4.69) is 32.6 Å². The highest BCUT2D eigenvalue weighted by Crippen LogP contribution is 2.22. The van der Waals surface area contributed by atoms with E-state index in [0.29, 0.717) is 6.54 Å². The summed E-state index contributed by atoms with van der Waals surface area (Å²) in [6.45, 7) is 2.71. The fourth-order valence-corrected chi connectivity index (χ4v) is 1.79. The van der Waals surface area contributed by atoms with Crippen LogP contribution in [-0.4, -0.2) is 12.6 Å². The standard InChI is InChI=1S/C10H11BrN2O/c1-6-4-7(2-3-8(6)11)9-5-12-10(14)13-9/h2-4,9H,5H2,1H3,(H2,12,13,14). The van der Waals surface area contributed by atoms with Crippen molar-refractivity contribution in [1.82, 2.24) is 10.6 Å². The number of amides is 2. The summed E-state index contributed by atoms with van der Waals surface area (Å²) in [5, 5.41) is 5.59. The van der Waals surface area contributed by atoms with Gasteiger partial charge in [-0.25, -0.2) is 4.79 Å². The van der Waals surface area contributed by atoms with Crippen LogP contribution < -0.4 is 10.6 Å². The first-order valence-corrected chi connectivity index (χ1v) is 5.26. The molecule has 1 unspecified atom stereocenters. The Balaban J connectivity index is 2.24. The van der Waals surface area contributed by atoms with Gasteiger partial charge in [-0.15, -0.1) is 0 Å². The van der Waals surface area contributed by atoms with E-state index in [1.807, 2.05) is 19.1 Å². The molecular formula is C10H11BrN2O. The summed E-state index contributed by atoms with van der Waals surface area (Å²) in [7, 11) is 0. The quantitative estimate of drug-likeness (QED) is 0.792. The molecule has 1 aromatic rings. The number of carbonyl (C=O) groups excluding carboxylic acids is 1. The average molecular weight is 255 g/mol. The third-order valence-electron chi connectivity index (χ3n) is 2.36. The Hall–Kier alpha value is -1.03. The van der Waals surface area contributed by atoms with Crippen molar-refractivity contribution < 1.29 is 4.79 Å². The molecule has 3 nitrogen and oxygen atoms in total. The molecule has 74 valence electrons. The lowest BCUT2D eigenvalue weighted by atomic mass is 10.1. The lowest BCUT2D eigenvalue weighted by molar-refractivity contribution is 0.247. The van der Waals surface area contributed by atoms with Gasteiger partial charge in [-0.05, 0) is 24.1 Å². The maximum atomic E-state index is 10.9. The Morgan fingerprint density at radius 3 is 2.86 bits per heavy atom. The van der Waals surface area contributed by atoms with Gasteiger partial charge in [0.05, 0.1) is 6.04 Å². The smallest absolute Gasteiger partial charge is 0.315 e. The molecule has 1 aromatic carbocycles. The topological polar surface area (TPSA) is 41.1 Å². The number of hydrogen-bond donors (Lipinski definition) is 2. The van der Waals surface area contributed by atoms with E-state index < -0.39 is 0 Å². The van der Waals surface area contributed by atoms with E-state index in [1.165, 1.54) is 5.56 Å². The van der Waals surface area contributed by atoms with Gasteiger partial charge in [-0.2, -0.15) is 0 Å². The SMILES string of the molecule is Cc1cc(C2CNC(=O)N2)ccc1Br. The van der Waals surface area contributed by atoms with Crippen LogP contribution in [0.1, 0.15) is 17.2 Å². The molecule has 0 radical (unpaired) electrons. The van der Waals surface area contributed by atoms with Crippen molar-refractivity contribution in [2.75, 3.05) is 6.54 Å². The summed E-state index contributed by atoms with van der Waals surface area (Å²) in [4.78, 5) is 10.9. The molecule has 1 atom stereocenters. The second-order valence-corrected chi connectivity index (χ2v) is 4.27. The monoisotopic (exact) mass is 254 g/mol. The molecule has 2 rings (SSSR count). The first-order valence-electron chi connectivity index (χ1n) is 4.47. The van der Waals surface area contributed by atoms with Gasteiger partial charge in [0, 0.05) is 11.0 Å². The van der Waals surface area contributed by atoms with Crippen LogP contribution in [0, 0.1) is 6.92 Å². The van der Waals surface area contributed by atoms with E-state index in [4.69, 9.17) is 0 Å². The summed E-state index contributed by atoms with van der Waals surface area (Å²) in [6.07, 6.45) is 0. The van der Waals surface area contributed by atoms with Crippen LogP contribution in [0.25, 0.3) is 0 Å². The number of halogens is 1. The van der Waals surface area contributed by atoms with Crippen LogP contribution in [0.5, 0.6) is 0 Å². The summed E-state index contributed by atoms with van der Waals surface area (Å²) < 4.78 is 1.10. The maximum absolute atomic E-state index is 10.9. The molecule has 1 aliphatic rings. The zero-order chi connectivity index (χ0) is 10.1. The van der Waals surface area contributed by atoms with Crippen LogP contribution in [0.3, 0.4) is 0 Å². The van der Waals surface area contributed by atoms with E-state index in [9.17, 15) is 4.79 Å². The highest BCUT2D eigenvalue weighted by atomic mass is 79.9. The second kappa shape index (κ2) is 3.61. The van der Waals surface area contributed by atoms with Crippen molar-refractivity contribution in [3.63, 3.8) is 0 Å². The minimum atomic E-state index is -0.0874. The van der Waals surface area contributed by atoms with Crippen molar-refractivity contribution in [2.45, 2.75) is 13.0 Å². The van der Waals surface area contributed by atoms with Gasteiger partial charge in [0.1, 0.15) is 0 Å². The average Bonchev–Trinajstić information content (AvgIpc) is 2.57. The number of rotatable bonds is 1. The van der Waals surface area contributed by atoms with E-state index in [-0.39, 0.29) is 12.1 Å². The lowest BCUT2D eigenvalue weighted by Crippen LogP contribution is -2.21. The molecule has 1 fully saturated rings. The molecule has 2 amide bonds. The van der Waals surface area contributed by atoms with E-state index in [1.54, 1.807) is 0 Å². The van der Waals surface area contributed by atoms with Crippen LogP contribution in [0.15, 0.2) is 22.7 Å². The zero-order valence-corrected chi connectivity index (χ0v) is 9.39. The fraction of sp³-hybridized carbons (Fsp3) is 0.300. The molecule has 0 spiro atoms. The molecule has 1 saturated heterocycles. The van der Waals surface area contributed by atoms with Crippen molar-refractivity contribution in [3.05, 3.63) is 33.8 Å². The minimum Gasteiger partial charge on any atom is -0.336 e.